The number of carbonyl (C=O) groups is 1. The molecule has 2 aromatic rings. The van der Waals surface area contributed by atoms with E-state index in [2.05, 4.69) is 21.8 Å². The maximum absolute atomic E-state index is 12.3. The maximum atomic E-state index is 12.3. The number of hydrogen-bond acceptors (Lipinski definition) is 2. The molecule has 1 aromatic carbocycles. The average Bonchev–Trinajstić information content (AvgIpc) is 2.89. The van der Waals surface area contributed by atoms with E-state index in [0.29, 0.717) is 0 Å². The van der Waals surface area contributed by atoms with Crippen LogP contribution in [0, 0.1) is 13.8 Å². The zero-order valence-electron chi connectivity index (χ0n) is 11.9. The van der Waals surface area contributed by atoms with Crippen LogP contribution in [0.15, 0.2) is 30.6 Å². The summed E-state index contributed by atoms with van der Waals surface area (Å²) < 4.78 is 2.15. The van der Waals surface area contributed by atoms with E-state index in [0.717, 1.165) is 36.3 Å². The minimum absolute atomic E-state index is 0.0121. The summed E-state index contributed by atoms with van der Waals surface area (Å²) in [5, 5.41) is 3.12. The zero-order chi connectivity index (χ0) is 14.1. The number of aromatic nitrogens is 2. The van der Waals surface area contributed by atoms with E-state index in [1.165, 1.54) is 5.56 Å². The molecule has 1 amide bonds. The molecule has 3 rings (SSSR count). The lowest BCUT2D eigenvalue weighted by Crippen LogP contribution is -2.40. The SMILES string of the molecule is Cc1ccc(C(=O)NC2CCn3ccnc3C2)cc1C. The fraction of sp³-hybridized carbons (Fsp3) is 0.375. The Morgan fingerprint density at radius 1 is 1.35 bits per heavy atom. The van der Waals surface area contributed by atoms with Gasteiger partial charge in [-0.2, -0.15) is 0 Å². The van der Waals surface area contributed by atoms with Crippen LogP contribution in [0.5, 0.6) is 0 Å². The van der Waals surface area contributed by atoms with Crippen LogP contribution in [0.25, 0.3) is 0 Å². The molecule has 104 valence electrons. The van der Waals surface area contributed by atoms with Gasteiger partial charge in [0.15, 0.2) is 0 Å². The highest BCUT2D eigenvalue weighted by Gasteiger charge is 2.21. The lowest BCUT2D eigenvalue weighted by Gasteiger charge is -2.24. The smallest absolute Gasteiger partial charge is 0.251 e. The summed E-state index contributed by atoms with van der Waals surface area (Å²) in [6.07, 6.45) is 5.59. The van der Waals surface area contributed by atoms with Crippen LogP contribution in [-0.2, 0) is 13.0 Å². The summed E-state index contributed by atoms with van der Waals surface area (Å²) in [5.74, 6) is 1.07. The van der Waals surface area contributed by atoms with Crippen LogP contribution < -0.4 is 5.32 Å². The monoisotopic (exact) mass is 269 g/mol. The molecule has 0 saturated heterocycles. The molecule has 0 spiro atoms. The van der Waals surface area contributed by atoms with E-state index in [9.17, 15) is 4.79 Å². The fourth-order valence-electron chi connectivity index (χ4n) is 2.63. The van der Waals surface area contributed by atoms with E-state index in [-0.39, 0.29) is 11.9 Å². The Balaban J connectivity index is 1.69. The molecule has 0 saturated carbocycles. The van der Waals surface area contributed by atoms with Crippen molar-refractivity contribution < 1.29 is 4.79 Å². The first-order valence-corrected chi connectivity index (χ1v) is 7.01. The van der Waals surface area contributed by atoms with Crippen molar-refractivity contribution in [3.63, 3.8) is 0 Å². The quantitative estimate of drug-likeness (QED) is 0.909. The number of imidazole rings is 1. The van der Waals surface area contributed by atoms with Gasteiger partial charge in [-0.1, -0.05) is 6.07 Å². The maximum Gasteiger partial charge on any atom is 0.251 e. The first kappa shape index (κ1) is 12.9. The topological polar surface area (TPSA) is 46.9 Å². The lowest BCUT2D eigenvalue weighted by molar-refractivity contribution is 0.0930. The van der Waals surface area contributed by atoms with Crippen LogP contribution in [0.3, 0.4) is 0 Å². The molecule has 1 atom stereocenters. The molecule has 1 aliphatic rings. The summed E-state index contributed by atoms with van der Waals surface area (Å²) in [5.41, 5.74) is 3.10. The highest BCUT2D eigenvalue weighted by atomic mass is 16.1. The van der Waals surface area contributed by atoms with Gasteiger partial charge in [0.1, 0.15) is 5.82 Å². The number of aryl methyl sites for hydroxylation is 3. The van der Waals surface area contributed by atoms with Crippen LogP contribution in [0.2, 0.25) is 0 Å². The van der Waals surface area contributed by atoms with Crippen molar-refractivity contribution in [2.24, 2.45) is 0 Å². The second kappa shape index (κ2) is 5.12. The molecule has 0 bridgehead atoms. The first-order chi connectivity index (χ1) is 9.63. The van der Waals surface area contributed by atoms with Gasteiger partial charge in [-0.25, -0.2) is 4.98 Å². The average molecular weight is 269 g/mol. The Morgan fingerprint density at radius 3 is 3.00 bits per heavy atom. The third-order valence-corrected chi connectivity index (χ3v) is 4.05. The minimum Gasteiger partial charge on any atom is -0.349 e. The molecular weight excluding hydrogens is 250 g/mol. The molecule has 20 heavy (non-hydrogen) atoms. The Hall–Kier alpha value is -2.10. The van der Waals surface area contributed by atoms with E-state index >= 15 is 0 Å². The number of nitrogens with zero attached hydrogens (tertiary/aromatic N) is 2. The number of nitrogens with one attached hydrogen (secondary N) is 1. The van der Waals surface area contributed by atoms with Crippen LogP contribution >= 0.6 is 0 Å². The molecule has 1 aromatic heterocycles. The Labute approximate surface area is 118 Å². The third kappa shape index (κ3) is 2.46. The zero-order valence-corrected chi connectivity index (χ0v) is 11.9. The van der Waals surface area contributed by atoms with Crippen molar-refractivity contribution in [2.75, 3.05) is 0 Å². The molecule has 0 radical (unpaired) electrons. The van der Waals surface area contributed by atoms with Crippen LogP contribution in [0.4, 0.5) is 0 Å². The molecule has 4 nitrogen and oxygen atoms in total. The highest BCUT2D eigenvalue weighted by molar-refractivity contribution is 5.94. The first-order valence-electron chi connectivity index (χ1n) is 7.01. The summed E-state index contributed by atoms with van der Waals surface area (Å²) in [7, 11) is 0. The summed E-state index contributed by atoms with van der Waals surface area (Å²) in [6.45, 7) is 5.01. The molecule has 1 unspecified atom stereocenters. The Bertz CT molecular complexity index is 645. The number of rotatable bonds is 2. The largest absolute Gasteiger partial charge is 0.349 e. The third-order valence-electron chi connectivity index (χ3n) is 4.05. The Morgan fingerprint density at radius 2 is 2.20 bits per heavy atom. The van der Waals surface area contributed by atoms with Crippen molar-refractivity contribution in [3.8, 4) is 0 Å². The summed E-state index contributed by atoms with van der Waals surface area (Å²) >= 11 is 0. The standard InChI is InChI=1S/C16H19N3O/c1-11-3-4-13(9-12(11)2)16(20)18-14-5-7-19-8-6-17-15(19)10-14/h3-4,6,8-9,14H,5,7,10H2,1-2H3,(H,18,20). The predicted molar refractivity (Wildman–Crippen MR) is 77.7 cm³/mol. The van der Waals surface area contributed by atoms with Crippen molar-refractivity contribution in [1.29, 1.82) is 0 Å². The van der Waals surface area contributed by atoms with Gasteiger partial charge in [-0.05, 0) is 43.5 Å². The van der Waals surface area contributed by atoms with Gasteiger partial charge in [0.05, 0.1) is 0 Å². The minimum atomic E-state index is 0.0121. The van der Waals surface area contributed by atoms with E-state index < -0.39 is 0 Å². The van der Waals surface area contributed by atoms with Crippen LogP contribution in [-0.4, -0.2) is 21.5 Å². The molecule has 1 aliphatic heterocycles. The second-order valence-corrected chi connectivity index (χ2v) is 5.50. The summed E-state index contributed by atoms with van der Waals surface area (Å²) in [6, 6.07) is 6.02. The lowest BCUT2D eigenvalue weighted by atomic mass is 10.0. The van der Waals surface area contributed by atoms with Gasteiger partial charge in [0.25, 0.3) is 5.91 Å². The van der Waals surface area contributed by atoms with E-state index in [4.69, 9.17) is 0 Å². The van der Waals surface area contributed by atoms with Crippen molar-refractivity contribution in [1.82, 2.24) is 14.9 Å². The molecule has 4 heteroatoms. The predicted octanol–water partition coefficient (Wildman–Crippen LogP) is 2.24. The number of amides is 1. The molecule has 2 heterocycles. The van der Waals surface area contributed by atoms with Crippen molar-refractivity contribution >= 4 is 5.91 Å². The van der Waals surface area contributed by atoms with Gasteiger partial charge in [-0.3, -0.25) is 4.79 Å². The van der Waals surface area contributed by atoms with Gasteiger partial charge in [-0.15, -0.1) is 0 Å². The van der Waals surface area contributed by atoms with Gasteiger partial charge in [0.2, 0.25) is 0 Å². The normalized spacial score (nSPS) is 17.6. The number of carbonyl (C=O) groups excluding carboxylic acids is 1. The van der Waals surface area contributed by atoms with E-state index in [1.54, 1.807) is 0 Å². The molecule has 1 N–H and O–H groups in total. The van der Waals surface area contributed by atoms with E-state index in [1.807, 2.05) is 37.5 Å². The highest BCUT2D eigenvalue weighted by Crippen LogP contribution is 2.15. The van der Waals surface area contributed by atoms with Crippen molar-refractivity contribution in [3.05, 3.63) is 53.1 Å². The molecule has 0 aliphatic carbocycles. The van der Waals surface area contributed by atoms with Crippen LogP contribution in [0.1, 0.15) is 33.7 Å². The second-order valence-electron chi connectivity index (χ2n) is 5.50. The summed E-state index contributed by atoms with van der Waals surface area (Å²) in [4.78, 5) is 16.6. The number of fused-ring (bicyclic) bond motifs is 1. The number of benzene rings is 1. The van der Waals surface area contributed by atoms with Gasteiger partial charge < -0.3 is 9.88 Å². The van der Waals surface area contributed by atoms with Gasteiger partial charge in [0, 0.05) is 37.0 Å². The molecule has 0 fully saturated rings. The Kier molecular flexibility index (Phi) is 3.30. The fourth-order valence-corrected chi connectivity index (χ4v) is 2.63. The van der Waals surface area contributed by atoms with Gasteiger partial charge >= 0.3 is 0 Å². The molecular formula is C16H19N3O. The van der Waals surface area contributed by atoms with Crippen molar-refractivity contribution in [2.45, 2.75) is 39.3 Å². The number of hydrogen-bond donors (Lipinski definition) is 1.